The summed E-state index contributed by atoms with van der Waals surface area (Å²) in [5.74, 6) is 0.768. The first-order valence-corrected chi connectivity index (χ1v) is 11.7. The number of furan rings is 1. The first-order valence-electron chi connectivity index (χ1n) is 10.8. The molecule has 33 heavy (non-hydrogen) atoms. The number of likely N-dealkylation sites (tertiary alicyclic amines) is 1. The van der Waals surface area contributed by atoms with Crippen molar-refractivity contribution in [3.05, 3.63) is 72.7 Å². The number of para-hydroxylation sites is 1. The van der Waals surface area contributed by atoms with Crippen LogP contribution >= 0.6 is 11.3 Å². The standard InChI is InChI=1S/C25H23N3O4S/c1-2-31-19-11-9-18(10-12-19)28(25-26-21-7-3-4-8-22(21)33-25)24(30)17-14-23(29)27(15-17)16-20-6-5-13-32-20/h3-13,17H,2,14-16H2,1H3. The number of carbonyl (C=O) groups excluding carboxylic acids is 2. The maximum absolute atomic E-state index is 13.8. The third kappa shape index (κ3) is 4.34. The van der Waals surface area contributed by atoms with E-state index in [0.717, 1.165) is 16.0 Å². The minimum atomic E-state index is -0.467. The topological polar surface area (TPSA) is 75.9 Å². The monoisotopic (exact) mass is 461 g/mol. The van der Waals surface area contributed by atoms with E-state index in [9.17, 15) is 9.59 Å². The summed E-state index contributed by atoms with van der Waals surface area (Å²) in [5, 5.41) is 0.585. The average molecular weight is 462 g/mol. The molecule has 2 amide bonds. The largest absolute Gasteiger partial charge is 0.494 e. The number of carbonyl (C=O) groups is 2. The van der Waals surface area contributed by atoms with Gasteiger partial charge in [-0.1, -0.05) is 23.5 Å². The molecule has 0 aliphatic carbocycles. The summed E-state index contributed by atoms with van der Waals surface area (Å²) in [6.07, 6.45) is 1.75. The number of thiazole rings is 1. The van der Waals surface area contributed by atoms with Gasteiger partial charge in [-0.05, 0) is 55.5 Å². The number of anilines is 2. The first kappa shape index (κ1) is 21.2. The maximum atomic E-state index is 13.8. The van der Waals surface area contributed by atoms with Crippen LogP contribution < -0.4 is 9.64 Å². The van der Waals surface area contributed by atoms with Crippen LogP contribution in [-0.4, -0.2) is 34.8 Å². The summed E-state index contributed by atoms with van der Waals surface area (Å²) in [7, 11) is 0. The Kier molecular flexibility index (Phi) is 5.83. The van der Waals surface area contributed by atoms with Gasteiger partial charge in [-0.15, -0.1) is 0 Å². The lowest BCUT2D eigenvalue weighted by Gasteiger charge is -2.23. The molecular formula is C25H23N3O4S. The molecule has 3 heterocycles. The van der Waals surface area contributed by atoms with E-state index in [4.69, 9.17) is 14.1 Å². The Morgan fingerprint density at radius 3 is 2.73 bits per heavy atom. The molecule has 168 valence electrons. The molecule has 1 aliphatic heterocycles. The normalized spacial score (nSPS) is 15.8. The third-order valence-corrected chi connectivity index (χ3v) is 6.61. The van der Waals surface area contributed by atoms with Gasteiger partial charge in [-0.25, -0.2) is 4.98 Å². The number of rotatable bonds is 7. The van der Waals surface area contributed by atoms with Crippen molar-refractivity contribution < 1.29 is 18.7 Å². The van der Waals surface area contributed by atoms with E-state index in [1.165, 1.54) is 11.3 Å². The molecule has 0 spiro atoms. The number of hydrogen-bond acceptors (Lipinski definition) is 6. The fourth-order valence-corrected chi connectivity index (χ4v) is 5.00. The summed E-state index contributed by atoms with van der Waals surface area (Å²) < 4.78 is 11.9. The van der Waals surface area contributed by atoms with Gasteiger partial charge in [0.25, 0.3) is 0 Å². The van der Waals surface area contributed by atoms with Gasteiger partial charge in [0, 0.05) is 13.0 Å². The van der Waals surface area contributed by atoms with Gasteiger partial charge in [-0.3, -0.25) is 14.5 Å². The summed E-state index contributed by atoms with van der Waals surface area (Å²) in [6, 6.07) is 18.8. The molecule has 2 aromatic carbocycles. The maximum Gasteiger partial charge on any atom is 0.238 e. The predicted octanol–water partition coefficient (Wildman–Crippen LogP) is 5.00. The Bertz CT molecular complexity index is 1230. The summed E-state index contributed by atoms with van der Waals surface area (Å²) in [5.41, 5.74) is 1.53. The second-order valence-corrected chi connectivity index (χ2v) is 8.83. The molecule has 1 saturated heterocycles. The quantitative estimate of drug-likeness (QED) is 0.387. The molecule has 0 N–H and O–H groups in total. The molecule has 0 saturated carbocycles. The van der Waals surface area contributed by atoms with Crippen LogP contribution in [-0.2, 0) is 16.1 Å². The molecule has 1 fully saturated rings. The van der Waals surface area contributed by atoms with Crippen LogP contribution in [0.5, 0.6) is 5.75 Å². The van der Waals surface area contributed by atoms with Gasteiger partial charge in [0.05, 0.1) is 41.2 Å². The molecule has 1 unspecified atom stereocenters. The van der Waals surface area contributed by atoms with Gasteiger partial charge >= 0.3 is 0 Å². The highest BCUT2D eigenvalue weighted by atomic mass is 32.1. The molecule has 5 rings (SSSR count). The van der Waals surface area contributed by atoms with E-state index in [1.807, 2.05) is 61.5 Å². The molecule has 1 aliphatic rings. The molecule has 4 aromatic rings. The Labute approximate surface area is 195 Å². The molecule has 0 bridgehead atoms. The van der Waals surface area contributed by atoms with E-state index in [-0.39, 0.29) is 18.2 Å². The van der Waals surface area contributed by atoms with Crippen LogP contribution in [0.3, 0.4) is 0 Å². The number of benzene rings is 2. The SMILES string of the molecule is CCOc1ccc(N(C(=O)C2CC(=O)N(Cc3ccco3)C2)c2nc3ccccc3s2)cc1. The molecule has 0 radical (unpaired) electrons. The van der Waals surface area contributed by atoms with Crippen molar-refractivity contribution in [1.82, 2.24) is 9.88 Å². The minimum absolute atomic E-state index is 0.0549. The molecule has 2 aromatic heterocycles. The van der Waals surface area contributed by atoms with Gasteiger partial charge < -0.3 is 14.1 Å². The highest BCUT2D eigenvalue weighted by Gasteiger charge is 2.38. The molecule has 7 nitrogen and oxygen atoms in total. The summed E-state index contributed by atoms with van der Waals surface area (Å²) in [6.45, 7) is 3.20. The van der Waals surface area contributed by atoms with Crippen molar-refractivity contribution in [3.8, 4) is 5.75 Å². The average Bonchev–Trinajstić information content (AvgIpc) is 3.56. The van der Waals surface area contributed by atoms with Gasteiger partial charge in [0.1, 0.15) is 11.5 Å². The van der Waals surface area contributed by atoms with Gasteiger partial charge in [0.15, 0.2) is 5.13 Å². The third-order valence-electron chi connectivity index (χ3n) is 5.59. The Morgan fingerprint density at radius 1 is 1.18 bits per heavy atom. The molecule has 8 heteroatoms. The highest BCUT2D eigenvalue weighted by Crippen LogP contribution is 2.36. The number of amides is 2. The molecule has 1 atom stereocenters. The van der Waals surface area contributed by atoms with Crippen LogP contribution in [0.2, 0.25) is 0 Å². The number of hydrogen-bond donors (Lipinski definition) is 0. The zero-order chi connectivity index (χ0) is 22.8. The summed E-state index contributed by atoms with van der Waals surface area (Å²) >= 11 is 1.46. The Balaban J connectivity index is 1.45. The number of nitrogens with zero attached hydrogens (tertiary/aromatic N) is 3. The van der Waals surface area contributed by atoms with Crippen molar-refractivity contribution in [2.75, 3.05) is 18.1 Å². The smallest absolute Gasteiger partial charge is 0.238 e. The highest BCUT2D eigenvalue weighted by molar-refractivity contribution is 7.22. The van der Waals surface area contributed by atoms with Crippen molar-refractivity contribution in [1.29, 1.82) is 0 Å². The van der Waals surface area contributed by atoms with Crippen molar-refractivity contribution in [3.63, 3.8) is 0 Å². The van der Waals surface area contributed by atoms with Crippen LogP contribution in [0.4, 0.5) is 10.8 Å². The van der Waals surface area contributed by atoms with Crippen molar-refractivity contribution >= 4 is 44.2 Å². The van der Waals surface area contributed by atoms with E-state index in [1.54, 1.807) is 22.1 Å². The lowest BCUT2D eigenvalue weighted by atomic mass is 10.1. The zero-order valence-corrected chi connectivity index (χ0v) is 19.0. The van der Waals surface area contributed by atoms with Gasteiger partial charge in [0.2, 0.25) is 11.8 Å². The minimum Gasteiger partial charge on any atom is -0.494 e. The lowest BCUT2D eigenvalue weighted by molar-refractivity contribution is -0.129. The lowest BCUT2D eigenvalue weighted by Crippen LogP contribution is -2.34. The second kappa shape index (κ2) is 9.07. The van der Waals surface area contributed by atoms with Crippen LogP contribution in [0.25, 0.3) is 10.2 Å². The fourth-order valence-electron chi connectivity index (χ4n) is 4.01. The van der Waals surface area contributed by atoms with E-state index in [0.29, 0.717) is 36.3 Å². The van der Waals surface area contributed by atoms with Crippen LogP contribution in [0, 0.1) is 5.92 Å². The number of fused-ring (bicyclic) bond motifs is 1. The Morgan fingerprint density at radius 2 is 2.00 bits per heavy atom. The fraction of sp³-hybridized carbons (Fsp3) is 0.240. The Hall–Kier alpha value is -3.65. The first-order chi connectivity index (χ1) is 16.1. The van der Waals surface area contributed by atoms with E-state index >= 15 is 0 Å². The van der Waals surface area contributed by atoms with E-state index < -0.39 is 5.92 Å². The zero-order valence-electron chi connectivity index (χ0n) is 18.1. The predicted molar refractivity (Wildman–Crippen MR) is 127 cm³/mol. The van der Waals surface area contributed by atoms with Gasteiger partial charge in [-0.2, -0.15) is 0 Å². The van der Waals surface area contributed by atoms with Crippen LogP contribution in [0.15, 0.2) is 71.3 Å². The number of aromatic nitrogens is 1. The van der Waals surface area contributed by atoms with Crippen LogP contribution in [0.1, 0.15) is 19.1 Å². The summed E-state index contributed by atoms with van der Waals surface area (Å²) in [4.78, 5) is 34.5. The van der Waals surface area contributed by atoms with Crippen molar-refractivity contribution in [2.45, 2.75) is 19.9 Å². The number of ether oxygens (including phenoxy) is 1. The van der Waals surface area contributed by atoms with E-state index in [2.05, 4.69) is 0 Å². The van der Waals surface area contributed by atoms with Crippen molar-refractivity contribution in [2.24, 2.45) is 5.92 Å². The second-order valence-electron chi connectivity index (χ2n) is 7.82. The molecular weight excluding hydrogens is 438 g/mol.